The van der Waals surface area contributed by atoms with Gasteiger partial charge in [-0.15, -0.1) is 0 Å². The number of hydrogen-bond donors (Lipinski definition) is 1. The summed E-state index contributed by atoms with van der Waals surface area (Å²) < 4.78 is 5.13. The van der Waals surface area contributed by atoms with E-state index >= 15 is 0 Å². The number of carboxylic acids is 1. The Balaban J connectivity index is 2.32. The number of carbonyl (C=O) groups is 2. The Morgan fingerprint density at radius 3 is 2.88 bits per heavy atom. The first-order valence-electron chi connectivity index (χ1n) is 5.76. The molecule has 5 heteroatoms. The molecule has 1 aliphatic rings. The smallest absolute Gasteiger partial charge is 0.326 e. The summed E-state index contributed by atoms with van der Waals surface area (Å²) in [7, 11) is 0. The zero-order chi connectivity index (χ0) is 12.0. The Bertz CT molecular complexity index is 254. The highest BCUT2D eigenvalue weighted by Crippen LogP contribution is 2.18. The van der Waals surface area contributed by atoms with Crippen LogP contribution in [-0.4, -0.2) is 47.7 Å². The first kappa shape index (κ1) is 13.0. The standard InChI is InChI=1S/C11H19NO4/c1-2-16-8-4-6-10(13)12-7-3-5-9(12)11(14)15/h9H,2-8H2,1H3,(H,14,15). The molecule has 0 aliphatic carbocycles. The van der Waals surface area contributed by atoms with E-state index in [1.165, 1.54) is 4.90 Å². The minimum Gasteiger partial charge on any atom is -0.480 e. The van der Waals surface area contributed by atoms with Crippen LogP contribution in [0.15, 0.2) is 0 Å². The van der Waals surface area contributed by atoms with E-state index in [9.17, 15) is 9.59 Å². The fourth-order valence-electron chi connectivity index (χ4n) is 1.94. The Morgan fingerprint density at radius 1 is 1.50 bits per heavy atom. The quantitative estimate of drug-likeness (QED) is 0.686. The van der Waals surface area contributed by atoms with Gasteiger partial charge in [-0.05, 0) is 26.2 Å². The van der Waals surface area contributed by atoms with Crippen LogP contribution in [0, 0.1) is 0 Å². The summed E-state index contributed by atoms with van der Waals surface area (Å²) in [5, 5.41) is 8.92. The van der Waals surface area contributed by atoms with Gasteiger partial charge in [-0.1, -0.05) is 0 Å². The monoisotopic (exact) mass is 229 g/mol. The third-order valence-electron chi connectivity index (χ3n) is 2.74. The molecule has 1 unspecified atom stereocenters. The Hall–Kier alpha value is -1.10. The molecule has 5 nitrogen and oxygen atoms in total. The molecule has 92 valence electrons. The summed E-state index contributed by atoms with van der Waals surface area (Å²) in [5.74, 6) is -0.958. The third-order valence-corrected chi connectivity index (χ3v) is 2.74. The van der Waals surface area contributed by atoms with E-state index in [0.29, 0.717) is 39.0 Å². The lowest BCUT2D eigenvalue weighted by molar-refractivity contribution is -0.148. The first-order valence-corrected chi connectivity index (χ1v) is 5.76. The van der Waals surface area contributed by atoms with E-state index < -0.39 is 12.0 Å². The third kappa shape index (κ3) is 3.48. The van der Waals surface area contributed by atoms with Gasteiger partial charge in [-0.2, -0.15) is 0 Å². The molecule has 1 heterocycles. The summed E-state index contributed by atoms with van der Waals surface area (Å²) in [4.78, 5) is 24.1. The fourth-order valence-corrected chi connectivity index (χ4v) is 1.94. The largest absolute Gasteiger partial charge is 0.480 e. The average Bonchev–Trinajstić information content (AvgIpc) is 2.73. The number of hydrogen-bond acceptors (Lipinski definition) is 3. The molecule has 0 spiro atoms. The van der Waals surface area contributed by atoms with E-state index in [2.05, 4.69) is 0 Å². The molecule has 0 aromatic rings. The highest BCUT2D eigenvalue weighted by atomic mass is 16.5. The minimum atomic E-state index is -0.893. The number of carboxylic acid groups (broad SMARTS) is 1. The highest BCUT2D eigenvalue weighted by molar-refractivity contribution is 5.84. The van der Waals surface area contributed by atoms with E-state index in [0.717, 1.165) is 6.42 Å². The topological polar surface area (TPSA) is 66.8 Å². The molecule has 0 aromatic heterocycles. The van der Waals surface area contributed by atoms with Crippen LogP contribution < -0.4 is 0 Å². The van der Waals surface area contributed by atoms with Crippen molar-refractivity contribution >= 4 is 11.9 Å². The van der Waals surface area contributed by atoms with Crippen molar-refractivity contribution in [1.29, 1.82) is 0 Å². The molecule has 0 radical (unpaired) electrons. The fraction of sp³-hybridized carbons (Fsp3) is 0.818. The molecule has 0 saturated carbocycles. The number of likely N-dealkylation sites (tertiary alicyclic amines) is 1. The van der Waals surface area contributed by atoms with Crippen molar-refractivity contribution in [1.82, 2.24) is 4.90 Å². The lowest BCUT2D eigenvalue weighted by Gasteiger charge is -2.21. The van der Waals surface area contributed by atoms with Gasteiger partial charge in [0.2, 0.25) is 5.91 Å². The molecular weight excluding hydrogens is 210 g/mol. The van der Waals surface area contributed by atoms with Crippen LogP contribution in [0.4, 0.5) is 0 Å². The van der Waals surface area contributed by atoms with Gasteiger partial charge < -0.3 is 14.7 Å². The lowest BCUT2D eigenvalue weighted by atomic mass is 10.2. The van der Waals surface area contributed by atoms with Gasteiger partial charge in [-0.25, -0.2) is 4.79 Å². The average molecular weight is 229 g/mol. The van der Waals surface area contributed by atoms with Crippen LogP contribution in [0.25, 0.3) is 0 Å². The number of rotatable bonds is 6. The predicted molar refractivity (Wildman–Crippen MR) is 58.1 cm³/mol. The van der Waals surface area contributed by atoms with Gasteiger partial charge in [0, 0.05) is 26.2 Å². The second kappa shape index (κ2) is 6.48. The van der Waals surface area contributed by atoms with Crippen molar-refractivity contribution in [3.8, 4) is 0 Å². The van der Waals surface area contributed by atoms with E-state index in [1.54, 1.807) is 0 Å². The summed E-state index contributed by atoms with van der Waals surface area (Å²) >= 11 is 0. The minimum absolute atomic E-state index is 0.0652. The van der Waals surface area contributed by atoms with Crippen molar-refractivity contribution in [2.75, 3.05) is 19.8 Å². The van der Waals surface area contributed by atoms with Crippen LogP contribution in [0.5, 0.6) is 0 Å². The number of ether oxygens (including phenoxy) is 1. The van der Waals surface area contributed by atoms with Gasteiger partial charge in [0.05, 0.1) is 0 Å². The van der Waals surface area contributed by atoms with Crippen molar-refractivity contribution < 1.29 is 19.4 Å². The molecule has 1 N–H and O–H groups in total. The first-order chi connectivity index (χ1) is 7.66. The maximum absolute atomic E-state index is 11.7. The predicted octanol–water partition coefficient (Wildman–Crippen LogP) is 0.879. The molecule has 1 aliphatic heterocycles. The van der Waals surface area contributed by atoms with Gasteiger partial charge in [0.15, 0.2) is 0 Å². The number of amides is 1. The number of nitrogens with zero attached hydrogens (tertiary/aromatic N) is 1. The molecule has 16 heavy (non-hydrogen) atoms. The molecule has 0 bridgehead atoms. The van der Waals surface area contributed by atoms with Crippen LogP contribution in [0.2, 0.25) is 0 Å². The molecule has 1 amide bonds. The molecule has 0 aromatic carbocycles. The SMILES string of the molecule is CCOCCCC(=O)N1CCCC1C(=O)O. The molecule has 1 saturated heterocycles. The summed E-state index contributed by atoms with van der Waals surface area (Å²) in [5.41, 5.74) is 0. The Labute approximate surface area is 95.4 Å². The van der Waals surface area contributed by atoms with E-state index in [4.69, 9.17) is 9.84 Å². The Kier molecular flexibility index (Phi) is 5.25. The normalized spacial score (nSPS) is 20.1. The maximum Gasteiger partial charge on any atom is 0.326 e. The number of aliphatic carboxylic acids is 1. The van der Waals surface area contributed by atoms with Gasteiger partial charge in [-0.3, -0.25) is 4.79 Å². The zero-order valence-electron chi connectivity index (χ0n) is 9.65. The van der Waals surface area contributed by atoms with Gasteiger partial charge >= 0.3 is 5.97 Å². The van der Waals surface area contributed by atoms with Crippen molar-refractivity contribution in [3.05, 3.63) is 0 Å². The van der Waals surface area contributed by atoms with Crippen LogP contribution in [0.3, 0.4) is 0 Å². The second-order valence-electron chi connectivity index (χ2n) is 3.88. The lowest BCUT2D eigenvalue weighted by Crippen LogP contribution is -2.40. The second-order valence-corrected chi connectivity index (χ2v) is 3.88. The van der Waals surface area contributed by atoms with Crippen molar-refractivity contribution in [2.45, 2.75) is 38.6 Å². The highest BCUT2D eigenvalue weighted by Gasteiger charge is 2.33. The number of carbonyl (C=O) groups excluding carboxylic acids is 1. The molecule has 1 rings (SSSR count). The van der Waals surface area contributed by atoms with Crippen LogP contribution >= 0.6 is 0 Å². The maximum atomic E-state index is 11.7. The molecule has 1 atom stereocenters. The summed E-state index contributed by atoms with van der Waals surface area (Å²) in [6.07, 6.45) is 2.40. The van der Waals surface area contributed by atoms with Crippen LogP contribution in [-0.2, 0) is 14.3 Å². The van der Waals surface area contributed by atoms with Crippen molar-refractivity contribution in [2.24, 2.45) is 0 Å². The zero-order valence-corrected chi connectivity index (χ0v) is 9.65. The van der Waals surface area contributed by atoms with E-state index in [-0.39, 0.29) is 5.91 Å². The van der Waals surface area contributed by atoms with Crippen LogP contribution in [0.1, 0.15) is 32.6 Å². The summed E-state index contributed by atoms with van der Waals surface area (Å²) in [6, 6.07) is -0.611. The molecular formula is C11H19NO4. The Morgan fingerprint density at radius 2 is 2.25 bits per heavy atom. The van der Waals surface area contributed by atoms with Gasteiger partial charge in [0.25, 0.3) is 0 Å². The van der Waals surface area contributed by atoms with Crippen molar-refractivity contribution in [3.63, 3.8) is 0 Å². The van der Waals surface area contributed by atoms with Gasteiger partial charge in [0.1, 0.15) is 6.04 Å². The summed E-state index contributed by atoms with van der Waals surface area (Å²) in [6.45, 7) is 3.69. The molecule has 1 fully saturated rings. The van der Waals surface area contributed by atoms with E-state index in [1.807, 2.05) is 6.92 Å².